The van der Waals surface area contributed by atoms with Crippen molar-refractivity contribution in [2.45, 2.75) is 26.2 Å². The number of hydrogen-bond acceptors (Lipinski definition) is 3. The maximum absolute atomic E-state index is 13.0. The Balaban J connectivity index is 2.06. The standard InChI is InChI=1S/C20H19NO2.Ga.H/c1-20(2,3)14-8-6-13(7-9-14)19(23)16-10-11-17(22)18-15(16)5-4-12-21-18;;/h4-12,22H,1-3H3;;/q;+1;/p-1. The number of benzene rings is 2. The van der Waals surface area contributed by atoms with Crippen LogP contribution in [0.15, 0.2) is 54.7 Å². The molecule has 0 N–H and O–H groups in total. The molecule has 3 nitrogen and oxygen atoms in total. The molecule has 2 aromatic carbocycles. The summed E-state index contributed by atoms with van der Waals surface area (Å²) >= 11 is 0.688. The molecule has 0 unspecified atom stereocenters. The van der Waals surface area contributed by atoms with Crippen molar-refractivity contribution in [3.8, 4) is 5.75 Å². The number of hydrogen-bond donors (Lipinski definition) is 0. The Morgan fingerprint density at radius 1 is 1.04 bits per heavy atom. The van der Waals surface area contributed by atoms with Crippen molar-refractivity contribution in [1.82, 2.24) is 4.98 Å². The van der Waals surface area contributed by atoms with Gasteiger partial charge in [0.2, 0.25) is 0 Å². The van der Waals surface area contributed by atoms with Crippen LogP contribution in [0.2, 0.25) is 0 Å². The van der Waals surface area contributed by atoms with Gasteiger partial charge in [0.1, 0.15) is 0 Å². The van der Waals surface area contributed by atoms with Crippen LogP contribution in [0.1, 0.15) is 42.3 Å². The van der Waals surface area contributed by atoms with E-state index in [1.165, 1.54) is 5.56 Å². The van der Waals surface area contributed by atoms with Crippen molar-refractivity contribution in [3.63, 3.8) is 0 Å². The molecule has 0 bridgehead atoms. The summed E-state index contributed by atoms with van der Waals surface area (Å²) in [6.07, 6.45) is 1.72. The zero-order valence-electron chi connectivity index (χ0n) is 14.2. The molecule has 119 valence electrons. The van der Waals surface area contributed by atoms with Crippen LogP contribution < -0.4 is 3.53 Å². The molecule has 0 saturated heterocycles. The van der Waals surface area contributed by atoms with Gasteiger partial charge in [-0.15, -0.1) is 0 Å². The Morgan fingerprint density at radius 3 is 2.38 bits per heavy atom. The Bertz CT molecular complexity index is 896. The number of ketones is 1. The average molecular weight is 375 g/mol. The second-order valence-corrected chi connectivity index (χ2v) is 7.42. The normalized spacial score (nSPS) is 11.5. The van der Waals surface area contributed by atoms with E-state index in [-0.39, 0.29) is 11.2 Å². The third kappa shape index (κ3) is 3.12. The first kappa shape index (κ1) is 16.8. The molecule has 0 saturated carbocycles. The van der Waals surface area contributed by atoms with Crippen LogP contribution in [0, 0.1) is 0 Å². The summed E-state index contributed by atoms with van der Waals surface area (Å²) in [6.45, 7) is 6.49. The topological polar surface area (TPSA) is 39.2 Å². The van der Waals surface area contributed by atoms with E-state index in [2.05, 4.69) is 25.8 Å². The van der Waals surface area contributed by atoms with E-state index in [0.717, 1.165) is 16.7 Å². The molecule has 0 spiro atoms. The SMILES string of the molecule is CC(C)(C)c1ccc(C(=O)c2ccc([O][GaH])c3ncccc23)cc1. The van der Waals surface area contributed by atoms with E-state index in [1.54, 1.807) is 6.20 Å². The van der Waals surface area contributed by atoms with Gasteiger partial charge >= 0.3 is 152 Å². The van der Waals surface area contributed by atoms with Crippen LogP contribution in [0.5, 0.6) is 5.75 Å². The molecule has 4 heteroatoms. The summed E-state index contributed by atoms with van der Waals surface area (Å²) < 4.78 is 5.47. The van der Waals surface area contributed by atoms with Crippen molar-refractivity contribution in [3.05, 3.63) is 71.4 Å². The number of carbonyl (C=O) groups excluding carboxylic acids is 1. The van der Waals surface area contributed by atoms with Crippen molar-refractivity contribution < 1.29 is 8.32 Å². The number of aromatic nitrogens is 1. The Morgan fingerprint density at radius 2 is 1.75 bits per heavy atom. The zero-order chi connectivity index (χ0) is 17.3. The van der Waals surface area contributed by atoms with E-state index in [0.29, 0.717) is 30.1 Å². The second-order valence-electron chi connectivity index (χ2n) is 6.81. The van der Waals surface area contributed by atoms with Crippen molar-refractivity contribution in [1.29, 1.82) is 0 Å². The Kier molecular flexibility index (Phi) is 4.52. The van der Waals surface area contributed by atoms with Gasteiger partial charge in [-0.1, -0.05) is 0 Å². The number of pyridine rings is 1. The van der Waals surface area contributed by atoms with Gasteiger partial charge in [0.15, 0.2) is 0 Å². The first-order chi connectivity index (χ1) is 11.4. The molecule has 3 rings (SSSR count). The predicted molar refractivity (Wildman–Crippen MR) is 98.1 cm³/mol. The van der Waals surface area contributed by atoms with Crippen LogP contribution in [0.3, 0.4) is 0 Å². The van der Waals surface area contributed by atoms with Crippen LogP contribution in [0.4, 0.5) is 0 Å². The second kappa shape index (κ2) is 6.46. The summed E-state index contributed by atoms with van der Waals surface area (Å²) in [6, 6.07) is 15.3. The molecule has 0 fully saturated rings. The number of nitrogens with zero attached hydrogens (tertiary/aromatic N) is 1. The van der Waals surface area contributed by atoms with Crippen molar-refractivity contribution in [2.75, 3.05) is 0 Å². The number of carbonyl (C=O) groups is 1. The first-order valence-corrected chi connectivity index (χ1v) is 9.08. The molecular weight excluding hydrogens is 356 g/mol. The number of fused-ring (bicyclic) bond motifs is 1. The van der Waals surface area contributed by atoms with Gasteiger partial charge in [-0.3, -0.25) is 0 Å². The summed E-state index contributed by atoms with van der Waals surface area (Å²) in [5.41, 5.74) is 3.36. The third-order valence-electron chi connectivity index (χ3n) is 4.15. The fraction of sp³-hybridized carbons (Fsp3) is 0.200. The molecule has 3 aromatic rings. The number of rotatable bonds is 3. The summed E-state index contributed by atoms with van der Waals surface area (Å²) in [5, 5.41) is 0.827. The van der Waals surface area contributed by atoms with Gasteiger partial charge in [0.05, 0.1) is 0 Å². The van der Waals surface area contributed by atoms with E-state index < -0.39 is 0 Å². The minimum atomic E-state index is 0.00660. The van der Waals surface area contributed by atoms with Gasteiger partial charge < -0.3 is 0 Å². The van der Waals surface area contributed by atoms with Gasteiger partial charge in [-0.2, -0.15) is 0 Å². The van der Waals surface area contributed by atoms with Crippen LogP contribution in [-0.2, 0) is 5.41 Å². The van der Waals surface area contributed by atoms with Crippen LogP contribution in [-0.4, -0.2) is 29.7 Å². The van der Waals surface area contributed by atoms with Gasteiger partial charge in [0.25, 0.3) is 0 Å². The van der Waals surface area contributed by atoms with Crippen LogP contribution >= 0.6 is 0 Å². The van der Waals surface area contributed by atoms with Gasteiger partial charge in [0, 0.05) is 0 Å². The predicted octanol–water partition coefficient (Wildman–Crippen LogP) is 3.96. The minimum absolute atomic E-state index is 0.00660. The molecular formula is C20H19GaNO2. The van der Waals surface area contributed by atoms with E-state index >= 15 is 0 Å². The molecule has 0 aliphatic carbocycles. The molecule has 0 amide bonds. The summed E-state index contributed by atoms with van der Waals surface area (Å²) in [4.78, 5) is 17.3. The molecule has 24 heavy (non-hydrogen) atoms. The zero-order valence-corrected chi connectivity index (χ0v) is 17.1. The summed E-state index contributed by atoms with van der Waals surface area (Å²) in [5.74, 6) is 0.734. The average Bonchev–Trinajstić information content (AvgIpc) is 2.59. The van der Waals surface area contributed by atoms with Gasteiger partial charge in [-0.25, -0.2) is 0 Å². The Labute approximate surface area is 152 Å². The monoisotopic (exact) mass is 374 g/mol. The van der Waals surface area contributed by atoms with Gasteiger partial charge in [-0.05, 0) is 0 Å². The molecule has 1 aromatic heterocycles. The molecule has 1 heterocycles. The quantitative estimate of drug-likeness (QED) is 0.514. The van der Waals surface area contributed by atoms with E-state index in [4.69, 9.17) is 3.53 Å². The summed E-state index contributed by atoms with van der Waals surface area (Å²) in [7, 11) is 0. The van der Waals surface area contributed by atoms with Crippen molar-refractivity contribution >= 4 is 35.7 Å². The van der Waals surface area contributed by atoms with E-state index in [9.17, 15) is 4.79 Å². The third-order valence-corrected chi connectivity index (χ3v) is 4.80. The van der Waals surface area contributed by atoms with Crippen molar-refractivity contribution in [2.24, 2.45) is 0 Å². The van der Waals surface area contributed by atoms with E-state index in [1.807, 2.05) is 48.5 Å². The molecule has 1 radical (unpaired) electrons. The maximum atomic E-state index is 13.0. The van der Waals surface area contributed by atoms with Crippen LogP contribution in [0.25, 0.3) is 10.9 Å². The Hall–Kier alpha value is -2.04. The fourth-order valence-electron chi connectivity index (χ4n) is 2.74. The molecule has 0 aliphatic heterocycles. The fourth-order valence-corrected chi connectivity index (χ4v) is 3.23. The first-order valence-electron chi connectivity index (χ1n) is 7.87. The molecule has 0 aliphatic rings. The molecule has 0 atom stereocenters.